The zero-order valence-corrected chi connectivity index (χ0v) is 8.87. The second-order valence-corrected chi connectivity index (χ2v) is 4.45. The average Bonchev–Trinajstić information content (AvgIpc) is 2.74. The van der Waals surface area contributed by atoms with Gasteiger partial charge in [-0.25, -0.2) is 0 Å². The predicted octanol–water partition coefficient (Wildman–Crippen LogP) is 3.96. The molecule has 0 aliphatic carbocycles. The molecule has 3 rings (SSSR count). The van der Waals surface area contributed by atoms with Crippen LogP contribution in [0.3, 0.4) is 0 Å². The van der Waals surface area contributed by atoms with Gasteiger partial charge in [0.15, 0.2) is 0 Å². The fourth-order valence-electron chi connectivity index (χ4n) is 1.61. The number of benzene rings is 1. The molecule has 2 heteroatoms. The van der Waals surface area contributed by atoms with E-state index in [0.29, 0.717) is 0 Å². The first kappa shape index (κ1) is 8.62. The number of pyridine rings is 1. The first-order chi connectivity index (χ1) is 7.43. The molecule has 0 unspecified atom stereocenters. The van der Waals surface area contributed by atoms with Crippen LogP contribution in [0.1, 0.15) is 0 Å². The van der Waals surface area contributed by atoms with Crippen LogP contribution in [0.4, 0.5) is 0 Å². The van der Waals surface area contributed by atoms with Gasteiger partial charge in [0.25, 0.3) is 0 Å². The van der Waals surface area contributed by atoms with Crippen molar-refractivity contribution in [1.29, 1.82) is 0 Å². The highest BCUT2D eigenvalue weighted by atomic mass is 32.1. The summed E-state index contributed by atoms with van der Waals surface area (Å²) in [6.45, 7) is 0. The van der Waals surface area contributed by atoms with Crippen molar-refractivity contribution in [2.24, 2.45) is 0 Å². The predicted molar refractivity (Wildman–Crippen MR) is 65.1 cm³/mol. The number of nitrogens with zero attached hydrogens (tertiary/aromatic N) is 1. The lowest BCUT2D eigenvalue weighted by molar-refractivity contribution is 1.43. The minimum Gasteiger partial charge on any atom is -0.255 e. The van der Waals surface area contributed by atoms with Crippen molar-refractivity contribution in [1.82, 2.24) is 4.98 Å². The fraction of sp³-hybridized carbons (Fsp3) is 0. The molecule has 0 N–H and O–H groups in total. The Kier molecular flexibility index (Phi) is 2.00. The van der Waals surface area contributed by atoms with Gasteiger partial charge in [0.2, 0.25) is 0 Å². The Morgan fingerprint density at radius 3 is 2.60 bits per heavy atom. The molecule has 2 aromatic heterocycles. The van der Waals surface area contributed by atoms with Crippen LogP contribution >= 0.6 is 11.3 Å². The van der Waals surface area contributed by atoms with E-state index in [2.05, 4.69) is 41.4 Å². The molecule has 2 heterocycles. The van der Waals surface area contributed by atoms with Crippen LogP contribution in [-0.2, 0) is 0 Å². The van der Waals surface area contributed by atoms with E-state index >= 15 is 0 Å². The third-order valence-electron chi connectivity index (χ3n) is 2.35. The lowest BCUT2D eigenvalue weighted by Gasteiger charge is -1.93. The van der Waals surface area contributed by atoms with E-state index in [1.165, 1.54) is 15.1 Å². The average molecular weight is 211 g/mol. The number of hydrogen-bond acceptors (Lipinski definition) is 2. The van der Waals surface area contributed by atoms with Crippen molar-refractivity contribution in [2.75, 3.05) is 0 Å². The van der Waals surface area contributed by atoms with E-state index in [-0.39, 0.29) is 0 Å². The Bertz CT molecular complexity index is 551. The van der Waals surface area contributed by atoms with Crippen molar-refractivity contribution >= 4 is 21.6 Å². The molecule has 0 radical (unpaired) electrons. The summed E-state index contributed by atoms with van der Waals surface area (Å²) in [6.07, 6.45) is 1.84. The van der Waals surface area contributed by atoms with E-state index in [4.69, 9.17) is 0 Å². The number of fused-ring (bicyclic) bond motifs is 1. The molecule has 0 saturated heterocycles. The molecule has 0 atom stereocenters. The minimum atomic E-state index is 1.08. The van der Waals surface area contributed by atoms with E-state index < -0.39 is 0 Å². The molecular weight excluding hydrogens is 202 g/mol. The summed E-state index contributed by atoms with van der Waals surface area (Å²) in [5.41, 5.74) is 2.35. The molecular formula is C13H9NS. The first-order valence-corrected chi connectivity index (χ1v) is 5.65. The maximum Gasteiger partial charge on any atom is 0.0816 e. The van der Waals surface area contributed by atoms with E-state index in [1.54, 1.807) is 11.3 Å². The quantitative estimate of drug-likeness (QED) is 0.593. The monoisotopic (exact) mass is 211 g/mol. The summed E-state index contributed by atoms with van der Waals surface area (Å²) < 4.78 is 1.25. The molecule has 0 saturated carbocycles. The molecule has 1 nitrogen and oxygen atoms in total. The molecule has 1 aromatic carbocycles. The van der Waals surface area contributed by atoms with Crippen molar-refractivity contribution in [2.45, 2.75) is 0 Å². The van der Waals surface area contributed by atoms with Crippen LogP contribution in [0.2, 0.25) is 0 Å². The first-order valence-electron chi connectivity index (χ1n) is 4.83. The Morgan fingerprint density at radius 2 is 1.80 bits per heavy atom. The van der Waals surface area contributed by atoms with Crippen LogP contribution in [0.5, 0.6) is 0 Å². The van der Waals surface area contributed by atoms with Gasteiger partial charge >= 0.3 is 0 Å². The molecule has 0 spiro atoms. The van der Waals surface area contributed by atoms with E-state index in [9.17, 15) is 0 Å². The van der Waals surface area contributed by atoms with E-state index in [1.807, 2.05) is 18.3 Å². The third-order valence-corrected chi connectivity index (χ3v) is 3.48. The molecule has 0 aliphatic rings. The number of rotatable bonds is 1. The zero-order chi connectivity index (χ0) is 10.1. The van der Waals surface area contributed by atoms with Crippen LogP contribution in [0.15, 0.2) is 54.7 Å². The SMILES string of the molecule is c1ccc(-c2cc3ncccc3s2)cc1. The topological polar surface area (TPSA) is 12.9 Å². The van der Waals surface area contributed by atoms with Gasteiger partial charge in [-0.2, -0.15) is 0 Å². The molecule has 3 aromatic rings. The summed E-state index contributed by atoms with van der Waals surface area (Å²) in [5.74, 6) is 0. The van der Waals surface area contributed by atoms with Crippen LogP contribution in [-0.4, -0.2) is 4.98 Å². The Hall–Kier alpha value is -1.67. The van der Waals surface area contributed by atoms with Crippen LogP contribution in [0, 0.1) is 0 Å². The van der Waals surface area contributed by atoms with Gasteiger partial charge < -0.3 is 0 Å². The van der Waals surface area contributed by atoms with Crippen molar-refractivity contribution in [3.63, 3.8) is 0 Å². The van der Waals surface area contributed by atoms with Crippen LogP contribution < -0.4 is 0 Å². The van der Waals surface area contributed by atoms with Gasteiger partial charge in [0, 0.05) is 11.1 Å². The summed E-state index contributed by atoms with van der Waals surface area (Å²) in [5, 5.41) is 0. The molecule has 0 aliphatic heterocycles. The molecule has 72 valence electrons. The zero-order valence-electron chi connectivity index (χ0n) is 8.05. The normalized spacial score (nSPS) is 10.7. The third kappa shape index (κ3) is 1.53. The lowest BCUT2D eigenvalue weighted by Crippen LogP contribution is -1.69. The molecule has 15 heavy (non-hydrogen) atoms. The maximum absolute atomic E-state index is 4.34. The summed E-state index contributed by atoms with van der Waals surface area (Å²) in [4.78, 5) is 5.62. The maximum atomic E-state index is 4.34. The lowest BCUT2D eigenvalue weighted by atomic mass is 10.2. The number of thiophene rings is 1. The highest BCUT2D eigenvalue weighted by Crippen LogP contribution is 2.31. The summed E-state index contributed by atoms with van der Waals surface area (Å²) in [6, 6.07) is 16.7. The van der Waals surface area contributed by atoms with Gasteiger partial charge in [-0.3, -0.25) is 4.98 Å². The second kappa shape index (κ2) is 3.48. The second-order valence-electron chi connectivity index (χ2n) is 3.36. The summed E-state index contributed by atoms with van der Waals surface area (Å²) >= 11 is 1.79. The fourth-order valence-corrected chi connectivity index (χ4v) is 2.64. The number of aromatic nitrogens is 1. The van der Waals surface area contributed by atoms with Crippen molar-refractivity contribution in [3.8, 4) is 10.4 Å². The van der Waals surface area contributed by atoms with E-state index in [0.717, 1.165) is 5.52 Å². The standard InChI is InChI=1S/C13H9NS/c1-2-5-10(6-3-1)13-9-11-12(15-13)7-4-8-14-11/h1-9H. The molecule has 0 fully saturated rings. The number of hydrogen-bond donors (Lipinski definition) is 0. The Labute approximate surface area is 92.0 Å². The van der Waals surface area contributed by atoms with Crippen molar-refractivity contribution in [3.05, 3.63) is 54.7 Å². The minimum absolute atomic E-state index is 1.08. The smallest absolute Gasteiger partial charge is 0.0816 e. The summed E-state index contributed by atoms with van der Waals surface area (Å²) in [7, 11) is 0. The Morgan fingerprint density at radius 1 is 0.933 bits per heavy atom. The van der Waals surface area contributed by atoms with Gasteiger partial charge in [0.05, 0.1) is 10.2 Å². The highest BCUT2D eigenvalue weighted by Gasteiger charge is 2.03. The largest absolute Gasteiger partial charge is 0.255 e. The van der Waals surface area contributed by atoms with Gasteiger partial charge in [-0.05, 0) is 23.8 Å². The van der Waals surface area contributed by atoms with Gasteiger partial charge in [-0.15, -0.1) is 11.3 Å². The van der Waals surface area contributed by atoms with Crippen LogP contribution in [0.25, 0.3) is 20.7 Å². The Balaban J connectivity index is 2.21. The molecule has 0 amide bonds. The van der Waals surface area contributed by atoms with Crippen molar-refractivity contribution < 1.29 is 0 Å². The van der Waals surface area contributed by atoms with Gasteiger partial charge in [-0.1, -0.05) is 30.3 Å². The highest BCUT2D eigenvalue weighted by molar-refractivity contribution is 7.22. The molecule has 0 bridgehead atoms. The van der Waals surface area contributed by atoms with Gasteiger partial charge in [0.1, 0.15) is 0 Å².